The molecule has 1 aromatic heterocycles. The zero-order valence-electron chi connectivity index (χ0n) is 16.2. The summed E-state index contributed by atoms with van der Waals surface area (Å²) < 4.78 is 28.8. The van der Waals surface area contributed by atoms with E-state index in [1.165, 1.54) is 18.7 Å². The molecule has 0 radical (unpaired) electrons. The van der Waals surface area contributed by atoms with Gasteiger partial charge in [-0.25, -0.2) is 8.78 Å². The number of nitrogens with zero attached hydrogens (tertiary/aromatic N) is 2. The summed E-state index contributed by atoms with van der Waals surface area (Å²) in [7, 11) is 1.78. The number of carbonyl (C=O) groups excluding carboxylic acids is 1. The van der Waals surface area contributed by atoms with Crippen LogP contribution in [0.15, 0.2) is 53.5 Å². The Hall–Kier alpha value is -3.02. The molecule has 3 aromatic rings. The van der Waals surface area contributed by atoms with Crippen molar-refractivity contribution in [1.29, 1.82) is 0 Å². The topological polar surface area (TPSA) is 42.3 Å². The maximum Gasteiger partial charge on any atom is 0.263 e. The van der Waals surface area contributed by atoms with Gasteiger partial charge in [0.25, 0.3) is 11.5 Å². The van der Waals surface area contributed by atoms with Crippen LogP contribution in [0, 0.1) is 11.6 Å². The Balaban J connectivity index is 1.88. The van der Waals surface area contributed by atoms with E-state index >= 15 is 0 Å². The molecule has 0 saturated heterocycles. The molecular weight excluding hydrogens is 374 g/mol. The van der Waals surface area contributed by atoms with Gasteiger partial charge in [-0.1, -0.05) is 37.5 Å². The molecule has 0 spiro atoms. The Morgan fingerprint density at radius 2 is 1.72 bits per heavy atom. The summed E-state index contributed by atoms with van der Waals surface area (Å²) in [6.45, 7) is 0. The molecule has 1 saturated carbocycles. The highest BCUT2D eigenvalue weighted by Gasteiger charge is 2.25. The smallest absolute Gasteiger partial charge is 0.263 e. The van der Waals surface area contributed by atoms with Crippen molar-refractivity contribution in [3.63, 3.8) is 0 Å². The number of aromatic nitrogens is 1. The van der Waals surface area contributed by atoms with Crippen molar-refractivity contribution >= 4 is 16.7 Å². The molecule has 0 unspecified atom stereocenters. The van der Waals surface area contributed by atoms with Gasteiger partial charge in [-0.15, -0.1) is 0 Å². The summed E-state index contributed by atoms with van der Waals surface area (Å²) in [5, 5.41) is 0.850. The summed E-state index contributed by atoms with van der Waals surface area (Å²) in [6, 6.07) is 9.99. The highest BCUT2D eigenvalue weighted by Crippen LogP contribution is 2.25. The van der Waals surface area contributed by atoms with Crippen molar-refractivity contribution in [1.82, 2.24) is 9.47 Å². The third-order valence-electron chi connectivity index (χ3n) is 5.77. The van der Waals surface area contributed by atoms with Crippen molar-refractivity contribution in [2.45, 2.75) is 38.1 Å². The molecule has 0 aliphatic heterocycles. The van der Waals surface area contributed by atoms with Crippen LogP contribution in [-0.2, 0) is 0 Å². The minimum absolute atomic E-state index is 0.0866. The molecule has 6 heteroatoms. The number of halogens is 2. The minimum Gasteiger partial charge on any atom is -0.339 e. The average molecular weight is 396 g/mol. The standard InChI is InChI=1S/C23H22F2N2O2/c1-26(16-7-3-2-4-8-16)22(28)19-14-27(21-12-11-15(24)13-20(21)25)23(29)18-10-6-5-9-17(18)19/h5-6,9-14,16H,2-4,7-8H2,1H3. The van der Waals surface area contributed by atoms with Gasteiger partial charge in [-0.05, 0) is 31.0 Å². The third kappa shape index (κ3) is 3.55. The number of amides is 1. The monoisotopic (exact) mass is 396 g/mol. The SMILES string of the molecule is CN(C(=O)c1cn(-c2ccc(F)cc2F)c(=O)c2ccccc12)C1CCCCC1. The molecule has 0 atom stereocenters. The number of hydrogen-bond acceptors (Lipinski definition) is 2. The van der Waals surface area contributed by atoms with E-state index < -0.39 is 17.2 Å². The van der Waals surface area contributed by atoms with Crippen LogP contribution in [0.25, 0.3) is 16.5 Å². The van der Waals surface area contributed by atoms with E-state index in [4.69, 9.17) is 0 Å². The molecule has 0 bridgehead atoms. The van der Waals surface area contributed by atoms with Gasteiger partial charge < -0.3 is 4.90 Å². The first kappa shape index (κ1) is 19.3. The summed E-state index contributed by atoms with van der Waals surface area (Å²) in [6.07, 6.45) is 6.63. The summed E-state index contributed by atoms with van der Waals surface area (Å²) >= 11 is 0. The Morgan fingerprint density at radius 1 is 1.03 bits per heavy atom. The normalized spacial score (nSPS) is 14.9. The van der Waals surface area contributed by atoms with Crippen molar-refractivity contribution in [3.8, 4) is 5.69 Å². The molecule has 1 aliphatic carbocycles. The van der Waals surface area contributed by atoms with Crippen LogP contribution in [0.3, 0.4) is 0 Å². The largest absolute Gasteiger partial charge is 0.339 e. The summed E-state index contributed by atoms with van der Waals surface area (Å²) in [5.41, 5.74) is -0.212. The van der Waals surface area contributed by atoms with Crippen LogP contribution in [0.5, 0.6) is 0 Å². The zero-order chi connectivity index (χ0) is 20.5. The van der Waals surface area contributed by atoms with Crippen LogP contribution < -0.4 is 5.56 Å². The first-order valence-corrected chi connectivity index (χ1v) is 9.84. The molecule has 1 heterocycles. The average Bonchev–Trinajstić information content (AvgIpc) is 2.74. The molecule has 29 heavy (non-hydrogen) atoms. The van der Waals surface area contributed by atoms with Gasteiger partial charge in [0.1, 0.15) is 11.6 Å². The van der Waals surface area contributed by atoms with E-state index in [9.17, 15) is 18.4 Å². The zero-order valence-corrected chi connectivity index (χ0v) is 16.2. The van der Waals surface area contributed by atoms with Crippen molar-refractivity contribution in [2.75, 3.05) is 7.05 Å². The van der Waals surface area contributed by atoms with Gasteiger partial charge in [-0.2, -0.15) is 0 Å². The quantitative estimate of drug-likeness (QED) is 0.645. The van der Waals surface area contributed by atoms with Crippen molar-refractivity contribution < 1.29 is 13.6 Å². The molecule has 4 nitrogen and oxygen atoms in total. The maximum absolute atomic E-state index is 14.4. The third-order valence-corrected chi connectivity index (χ3v) is 5.77. The van der Waals surface area contributed by atoms with Crippen LogP contribution in [-0.4, -0.2) is 28.5 Å². The Labute approximate surface area is 167 Å². The fraction of sp³-hybridized carbons (Fsp3) is 0.304. The van der Waals surface area contributed by atoms with Crippen LogP contribution in [0.2, 0.25) is 0 Å². The second-order valence-electron chi connectivity index (χ2n) is 7.57. The molecule has 1 fully saturated rings. The van der Waals surface area contributed by atoms with E-state index in [0.29, 0.717) is 16.3 Å². The van der Waals surface area contributed by atoms with Gasteiger partial charge >= 0.3 is 0 Å². The van der Waals surface area contributed by atoms with Crippen molar-refractivity contribution in [2.24, 2.45) is 0 Å². The fourth-order valence-corrected chi connectivity index (χ4v) is 4.14. The van der Waals surface area contributed by atoms with Gasteiger partial charge in [0.15, 0.2) is 0 Å². The Bertz CT molecular complexity index is 1130. The molecule has 4 rings (SSSR count). The Morgan fingerprint density at radius 3 is 2.41 bits per heavy atom. The van der Waals surface area contributed by atoms with E-state index in [2.05, 4.69) is 0 Å². The predicted molar refractivity (Wildman–Crippen MR) is 108 cm³/mol. The number of rotatable bonds is 3. The number of fused-ring (bicyclic) bond motifs is 1. The molecule has 150 valence electrons. The lowest BCUT2D eigenvalue weighted by atomic mass is 9.94. The van der Waals surface area contributed by atoms with Gasteiger partial charge in [-0.3, -0.25) is 14.2 Å². The predicted octanol–water partition coefficient (Wildman–Crippen LogP) is 4.67. The summed E-state index contributed by atoms with van der Waals surface area (Å²) in [5.74, 6) is -1.79. The van der Waals surface area contributed by atoms with Crippen LogP contribution >= 0.6 is 0 Å². The number of hydrogen-bond donors (Lipinski definition) is 0. The first-order chi connectivity index (χ1) is 14.0. The minimum atomic E-state index is -0.860. The molecular formula is C23H22F2N2O2. The first-order valence-electron chi connectivity index (χ1n) is 9.84. The highest BCUT2D eigenvalue weighted by molar-refractivity contribution is 6.06. The Kier molecular flexibility index (Phi) is 5.18. The second-order valence-corrected chi connectivity index (χ2v) is 7.57. The number of benzene rings is 2. The second kappa shape index (κ2) is 7.78. The lowest BCUT2D eigenvalue weighted by molar-refractivity contribution is 0.0697. The number of carbonyl (C=O) groups is 1. The summed E-state index contributed by atoms with van der Waals surface area (Å²) in [4.78, 5) is 28.1. The highest BCUT2D eigenvalue weighted by atomic mass is 19.1. The lowest BCUT2D eigenvalue weighted by Gasteiger charge is -2.31. The molecule has 1 aliphatic rings. The van der Waals surface area contributed by atoms with Crippen LogP contribution in [0.4, 0.5) is 8.78 Å². The van der Waals surface area contributed by atoms with Gasteiger partial charge in [0, 0.05) is 36.1 Å². The number of pyridine rings is 1. The van der Waals surface area contributed by atoms with Crippen molar-refractivity contribution in [3.05, 3.63) is 76.2 Å². The molecule has 2 aromatic carbocycles. The van der Waals surface area contributed by atoms with E-state index in [0.717, 1.165) is 42.4 Å². The van der Waals surface area contributed by atoms with E-state index in [-0.39, 0.29) is 17.6 Å². The fourth-order valence-electron chi connectivity index (χ4n) is 4.14. The van der Waals surface area contributed by atoms with E-state index in [1.54, 1.807) is 36.2 Å². The van der Waals surface area contributed by atoms with Gasteiger partial charge in [0.05, 0.1) is 11.3 Å². The van der Waals surface area contributed by atoms with Gasteiger partial charge in [0.2, 0.25) is 0 Å². The van der Waals surface area contributed by atoms with E-state index in [1.807, 2.05) is 0 Å². The molecule has 1 amide bonds. The van der Waals surface area contributed by atoms with Crippen LogP contribution in [0.1, 0.15) is 42.5 Å². The molecule has 0 N–H and O–H groups in total. The maximum atomic E-state index is 14.4. The lowest BCUT2D eigenvalue weighted by Crippen LogP contribution is -2.39.